The smallest absolute Gasteiger partial charge is 0.406 e. The molecule has 1 unspecified atom stereocenters. The lowest BCUT2D eigenvalue weighted by atomic mass is 9.93. The van der Waals surface area contributed by atoms with Crippen molar-refractivity contribution in [3.05, 3.63) is 29.8 Å². The minimum absolute atomic E-state index is 0. The van der Waals surface area contributed by atoms with Gasteiger partial charge in [0.05, 0.1) is 6.04 Å². The van der Waals surface area contributed by atoms with Crippen LogP contribution in [0, 0.1) is 5.92 Å². The Kier molecular flexibility index (Phi) is 8.52. The molecule has 1 saturated heterocycles. The Morgan fingerprint density at radius 2 is 1.88 bits per heavy atom. The Bertz CT molecular complexity index is 532. The Morgan fingerprint density at radius 3 is 2.44 bits per heavy atom. The van der Waals surface area contributed by atoms with Crippen LogP contribution in [0.2, 0.25) is 0 Å². The molecule has 1 aromatic carbocycles. The van der Waals surface area contributed by atoms with E-state index in [2.05, 4.69) is 15.4 Å². The summed E-state index contributed by atoms with van der Waals surface area (Å²) in [4.78, 5) is 12.0. The van der Waals surface area contributed by atoms with Crippen molar-refractivity contribution in [2.45, 2.75) is 45.0 Å². The maximum absolute atomic E-state index is 12.1. The molecule has 1 amide bonds. The number of alkyl halides is 3. The minimum Gasteiger partial charge on any atom is -0.406 e. The van der Waals surface area contributed by atoms with Gasteiger partial charge in [0.1, 0.15) is 5.75 Å². The second kappa shape index (κ2) is 9.87. The van der Waals surface area contributed by atoms with Gasteiger partial charge in [-0.25, -0.2) is 0 Å². The highest BCUT2D eigenvalue weighted by Crippen LogP contribution is 2.24. The second-order valence-electron chi connectivity index (χ2n) is 6.14. The third kappa shape index (κ3) is 7.96. The number of hydrogen-bond acceptors (Lipinski definition) is 3. The van der Waals surface area contributed by atoms with Crippen molar-refractivity contribution in [2.24, 2.45) is 5.92 Å². The predicted octanol–water partition coefficient (Wildman–Crippen LogP) is 3.96. The third-order valence-corrected chi connectivity index (χ3v) is 4.23. The number of hydrogen-bond donors (Lipinski definition) is 2. The van der Waals surface area contributed by atoms with Crippen LogP contribution in [0.3, 0.4) is 0 Å². The van der Waals surface area contributed by atoms with Crippen LogP contribution in [0.25, 0.3) is 0 Å². The molecule has 0 bridgehead atoms. The van der Waals surface area contributed by atoms with Crippen molar-refractivity contribution < 1.29 is 22.7 Å². The molecule has 142 valence electrons. The summed E-state index contributed by atoms with van der Waals surface area (Å²) < 4.78 is 40.2. The Morgan fingerprint density at radius 1 is 1.28 bits per heavy atom. The molecule has 8 heteroatoms. The van der Waals surface area contributed by atoms with Gasteiger partial charge in [-0.3, -0.25) is 4.79 Å². The van der Waals surface area contributed by atoms with E-state index >= 15 is 0 Å². The molecule has 4 nitrogen and oxygen atoms in total. The summed E-state index contributed by atoms with van der Waals surface area (Å²) >= 11 is 0. The van der Waals surface area contributed by atoms with Crippen molar-refractivity contribution in [1.82, 2.24) is 10.6 Å². The van der Waals surface area contributed by atoms with Crippen molar-refractivity contribution >= 4 is 18.3 Å². The maximum atomic E-state index is 12.1. The lowest BCUT2D eigenvalue weighted by Crippen LogP contribution is -2.30. The van der Waals surface area contributed by atoms with Gasteiger partial charge in [-0.05, 0) is 62.9 Å². The zero-order valence-corrected chi connectivity index (χ0v) is 14.9. The summed E-state index contributed by atoms with van der Waals surface area (Å²) in [6.07, 6.45) is -1.15. The molecule has 2 rings (SSSR count). The first-order valence-corrected chi connectivity index (χ1v) is 8.19. The van der Waals surface area contributed by atoms with E-state index in [9.17, 15) is 18.0 Å². The van der Waals surface area contributed by atoms with Gasteiger partial charge in [0.2, 0.25) is 5.91 Å². The molecule has 1 fully saturated rings. The number of ether oxygens (including phenoxy) is 1. The van der Waals surface area contributed by atoms with E-state index < -0.39 is 6.36 Å². The fourth-order valence-corrected chi connectivity index (χ4v) is 2.86. The van der Waals surface area contributed by atoms with Gasteiger partial charge < -0.3 is 15.4 Å². The zero-order valence-electron chi connectivity index (χ0n) is 14.1. The average Bonchev–Trinajstić information content (AvgIpc) is 2.53. The summed E-state index contributed by atoms with van der Waals surface area (Å²) in [5.41, 5.74) is 0.736. The van der Waals surface area contributed by atoms with Gasteiger partial charge >= 0.3 is 6.36 Å². The number of carbonyl (C=O) groups is 1. The van der Waals surface area contributed by atoms with Crippen LogP contribution < -0.4 is 15.4 Å². The lowest BCUT2D eigenvalue weighted by Gasteiger charge is -2.22. The van der Waals surface area contributed by atoms with Crippen LogP contribution in [0.4, 0.5) is 13.2 Å². The first-order chi connectivity index (χ1) is 11.3. The summed E-state index contributed by atoms with van der Waals surface area (Å²) in [5.74, 6) is 0.290. The van der Waals surface area contributed by atoms with E-state index in [1.165, 1.54) is 24.3 Å². The number of halogens is 4. The Balaban J connectivity index is 0.00000312. The number of piperidine rings is 1. The standard InChI is InChI=1S/C17H23F3N2O2.ClH/c1-12(14-3-5-15(6-4-14)24-17(18,19)20)22-16(23)7-2-13-8-10-21-11-9-13;/h3-6,12-13,21H,2,7-11H2,1H3,(H,22,23);1H. The van der Waals surface area contributed by atoms with E-state index in [4.69, 9.17) is 0 Å². The highest BCUT2D eigenvalue weighted by atomic mass is 35.5. The molecule has 1 aliphatic heterocycles. The molecule has 1 aromatic rings. The molecule has 0 saturated carbocycles. The number of nitrogens with one attached hydrogen (secondary N) is 2. The monoisotopic (exact) mass is 380 g/mol. The van der Waals surface area contributed by atoms with E-state index in [0.29, 0.717) is 12.3 Å². The molecule has 1 heterocycles. The molecule has 0 aliphatic carbocycles. The fraction of sp³-hybridized carbons (Fsp3) is 0.588. The van der Waals surface area contributed by atoms with E-state index in [0.717, 1.165) is 37.9 Å². The SMILES string of the molecule is CC(NC(=O)CCC1CCNCC1)c1ccc(OC(F)(F)F)cc1.Cl. The molecule has 2 N–H and O–H groups in total. The molecule has 1 atom stereocenters. The second-order valence-corrected chi connectivity index (χ2v) is 6.14. The van der Waals surface area contributed by atoms with Crippen LogP contribution in [0.5, 0.6) is 5.75 Å². The van der Waals surface area contributed by atoms with Gasteiger partial charge in [-0.1, -0.05) is 12.1 Å². The summed E-state index contributed by atoms with van der Waals surface area (Å²) in [6.45, 7) is 3.83. The predicted molar refractivity (Wildman–Crippen MR) is 91.8 cm³/mol. The molecule has 0 radical (unpaired) electrons. The fourth-order valence-electron chi connectivity index (χ4n) is 2.86. The summed E-state index contributed by atoms with van der Waals surface area (Å²) in [7, 11) is 0. The number of benzene rings is 1. The van der Waals surface area contributed by atoms with Gasteiger partial charge in [-0.2, -0.15) is 0 Å². The van der Waals surface area contributed by atoms with Crippen LogP contribution in [0.1, 0.15) is 44.2 Å². The largest absolute Gasteiger partial charge is 0.573 e. The van der Waals surface area contributed by atoms with Gasteiger partial charge in [0, 0.05) is 6.42 Å². The maximum Gasteiger partial charge on any atom is 0.573 e. The quantitative estimate of drug-likeness (QED) is 0.785. The highest BCUT2D eigenvalue weighted by Gasteiger charge is 2.31. The molecule has 25 heavy (non-hydrogen) atoms. The van der Waals surface area contributed by atoms with Crippen LogP contribution in [-0.2, 0) is 4.79 Å². The minimum atomic E-state index is -4.70. The third-order valence-electron chi connectivity index (χ3n) is 4.23. The van der Waals surface area contributed by atoms with Crippen molar-refractivity contribution in [1.29, 1.82) is 0 Å². The van der Waals surface area contributed by atoms with Gasteiger partial charge in [0.15, 0.2) is 0 Å². The van der Waals surface area contributed by atoms with Gasteiger partial charge in [-0.15, -0.1) is 25.6 Å². The summed E-state index contributed by atoms with van der Waals surface area (Å²) in [6, 6.07) is 5.30. The number of rotatable bonds is 6. The molecule has 0 aromatic heterocycles. The van der Waals surface area contributed by atoms with Gasteiger partial charge in [0.25, 0.3) is 0 Å². The highest BCUT2D eigenvalue weighted by molar-refractivity contribution is 5.85. The number of amides is 1. The molecular weight excluding hydrogens is 357 g/mol. The number of carbonyl (C=O) groups excluding carboxylic acids is 1. The lowest BCUT2D eigenvalue weighted by molar-refractivity contribution is -0.274. The van der Waals surface area contributed by atoms with Crippen molar-refractivity contribution in [2.75, 3.05) is 13.1 Å². The molecule has 1 aliphatic rings. The normalized spacial score (nSPS) is 16.6. The zero-order chi connectivity index (χ0) is 17.6. The van der Waals surface area contributed by atoms with E-state index in [-0.39, 0.29) is 30.1 Å². The Labute approximate surface area is 151 Å². The van der Waals surface area contributed by atoms with Crippen LogP contribution in [0.15, 0.2) is 24.3 Å². The molecule has 0 spiro atoms. The molecular formula is C17H24ClF3N2O2. The van der Waals surface area contributed by atoms with Crippen molar-refractivity contribution in [3.63, 3.8) is 0 Å². The summed E-state index contributed by atoms with van der Waals surface area (Å²) in [5, 5.41) is 6.18. The van der Waals surface area contributed by atoms with E-state index in [1.807, 2.05) is 6.92 Å². The van der Waals surface area contributed by atoms with Crippen LogP contribution in [-0.4, -0.2) is 25.4 Å². The Hall–Kier alpha value is -1.47. The topological polar surface area (TPSA) is 50.4 Å². The first kappa shape index (κ1) is 21.6. The first-order valence-electron chi connectivity index (χ1n) is 8.19. The van der Waals surface area contributed by atoms with Crippen LogP contribution >= 0.6 is 12.4 Å². The van der Waals surface area contributed by atoms with E-state index in [1.54, 1.807) is 0 Å². The average molecular weight is 381 g/mol. The van der Waals surface area contributed by atoms with Crippen molar-refractivity contribution in [3.8, 4) is 5.75 Å².